The summed E-state index contributed by atoms with van der Waals surface area (Å²) in [5.41, 5.74) is -0.0310. The lowest BCUT2D eigenvalue weighted by atomic mass is 9.77. The van der Waals surface area contributed by atoms with Crippen molar-refractivity contribution in [3.8, 4) is 0 Å². The maximum absolute atomic E-state index is 12.9. The van der Waals surface area contributed by atoms with Gasteiger partial charge >= 0.3 is 6.03 Å². The lowest BCUT2D eigenvalue weighted by Crippen LogP contribution is -2.50. The van der Waals surface area contributed by atoms with Gasteiger partial charge in [0.1, 0.15) is 12.1 Å². The van der Waals surface area contributed by atoms with Crippen LogP contribution in [0.5, 0.6) is 0 Å². The van der Waals surface area contributed by atoms with Crippen molar-refractivity contribution in [1.29, 1.82) is 0 Å². The van der Waals surface area contributed by atoms with E-state index in [1.54, 1.807) is 4.90 Å². The summed E-state index contributed by atoms with van der Waals surface area (Å²) < 4.78 is 0. The normalized spacial score (nSPS) is 26.0. The largest absolute Gasteiger partial charge is 0.325 e. The number of likely N-dealkylation sites (N-methyl/N-ethyl adjacent to an activating group) is 1. The fourth-order valence-electron chi connectivity index (χ4n) is 3.75. The van der Waals surface area contributed by atoms with E-state index in [1.807, 2.05) is 37.3 Å². The van der Waals surface area contributed by atoms with E-state index in [4.69, 9.17) is 0 Å². The highest BCUT2D eigenvalue weighted by Gasteiger charge is 2.52. The topological polar surface area (TPSA) is 69.7 Å². The van der Waals surface area contributed by atoms with Crippen LogP contribution in [0.2, 0.25) is 0 Å². The SMILES string of the molecule is CCN(C(=O)CN1C(=O)NC2(CCC(C)CC2)C1=O)c1ccccc1. The average Bonchev–Trinajstić information content (AvgIpc) is 2.84. The molecule has 0 atom stereocenters. The van der Waals surface area contributed by atoms with Gasteiger partial charge in [0.2, 0.25) is 5.91 Å². The number of para-hydroxylation sites is 1. The molecule has 6 heteroatoms. The third-order valence-electron chi connectivity index (χ3n) is 5.35. The van der Waals surface area contributed by atoms with Crippen molar-refractivity contribution in [1.82, 2.24) is 10.2 Å². The lowest BCUT2D eigenvalue weighted by molar-refractivity contribution is -0.135. The highest BCUT2D eigenvalue weighted by Crippen LogP contribution is 2.36. The molecule has 1 aromatic rings. The van der Waals surface area contributed by atoms with Crippen LogP contribution in [0, 0.1) is 5.92 Å². The van der Waals surface area contributed by atoms with Crippen LogP contribution in [0.4, 0.5) is 10.5 Å². The van der Waals surface area contributed by atoms with Gasteiger partial charge in [-0.05, 0) is 50.7 Å². The molecule has 2 aliphatic rings. The monoisotopic (exact) mass is 343 g/mol. The summed E-state index contributed by atoms with van der Waals surface area (Å²) in [4.78, 5) is 40.6. The Morgan fingerprint density at radius 1 is 1.24 bits per heavy atom. The maximum atomic E-state index is 12.9. The summed E-state index contributed by atoms with van der Waals surface area (Å²) >= 11 is 0. The summed E-state index contributed by atoms with van der Waals surface area (Å²) in [6.45, 7) is 4.30. The Bertz CT molecular complexity index is 666. The molecule has 3 rings (SSSR count). The third kappa shape index (κ3) is 3.25. The number of imide groups is 1. The molecule has 4 amide bonds. The number of carbonyl (C=O) groups excluding carboxylic acids is 3. The summed E-state index contributed by atoms with van der Waals surface area (Å²) in [7, 11) is 0. The Labute approximate surface area is 148 Å². The van der Waals surface area contributed by atoms with E-state index < -0.39 is 11.6 Å². The van der Waals surface area contributed by atoms with Crippen LogP contribution < -0.4 is 10.2 Å². The predicted molar refractivity (Wildman–Crippen MR) is 95.1 cm³/mol. The molecule has 1 saturated heterocycles. The van der Waals surface area contributed by atoms with Crippen molar-refractivity contribution in [3.05, 3.63) is 30.3 Å². The van der Waals surface area contributed by atoms with Gasteiger partial charge in [0.25, 0.3) is 5.91 Å². The minimum absolute atomic E-state index is 0.218. The molecule has 2 fully saturated rings. The van der Waals surface area contributed by atoms with Gasteiger partial charge in [-0.15, -0.1) is 0 Å². The van der Waals surface area contributed by atoms with Crippen molar-refractivity contribution in [2.24, 2.45) is 5.92 Å². The second-order valence-corrected chi connectivity index (χ2v) is 7.06. The molecule has 1 spiro atoms. The number of nitrogens with one attached hydrogen (secondary N) is 1. The molecule has 134 valence electrons. The quantitative estimate of drug-likeness (QED) is 0.854. The standard InChI is InChI=1S/C19H25N3O3/c1-3-21(15-7-5-4-6-8-15)16(23)13-22-17(24)19(20-18(22)25)11-9-14(2)10-12-19/h4-8,14H,3,9-13H2,1-2H3,(H,20,25). The number of carbonyl (C=O) groups is 3. The number of hydrogen-bond acceptors (Lipinski definition) is 3. The molecule has 1 aliphatic carbocycles. The molecular weight excluding hydrogens is 318 g/mol. The number of rotatable bonds is 4. The molecule has 1 aliphatic heterocycles. The fraction of sp³-hybridized carbons (Fsp3) is 0.526. The molecule has 0 unspecified atom stereocenters. The van der Waals surface area contributed by atoms with Gasteiger partial charge in [0.05, 0.1) is 0 Å². The summed E-state index contributed by atoms with van der Waals surface area (Å²) in [6, 6.07) is 8.84. The second-order valence-electron chi connectivity index (χ2n) is 7.06. The van der Waals surface area contributed by atoms with Crippen molar-refractivity contribution < 1.29 is 14.4 Å². The predicted octanol–water partition coefficient (Wildman–Crippen LogP) is 2.54. The van der Waals surface area contributed by atoms with Gasteiger partial charge in [-0.3, -0.25) is 14.5 Å². The van der Waals surface area contributed by atoms with Crippen molar-refractivity contribution >= 4 is 23.5 Å². The Morgan fingerprint density at radius 2 is 1.88 bits per heavy atom. The zero-order chi connectivity index (χ0) is 18.0. The number of nitrogens with zero attached hydrogens (tertiary/aromatic N) is 2. The number of urea groups is 1. The van der Waals surface area contributed by atoms with Gasteiger partial charge in [-0.2, -0.15) is 0 Å². The highest BCUT2D eigenvalue weighted by atomic mass is 16.2. The van der Waals surface area contributed by atoms with Crippen LogP contribution in [0.15, 0.2) is 30.3 Å². The first-order valence-electron chi connectivity index (χ1n) is 8.96. The van der Waals surface area contributed by atoms with E-state index in [2.05, 4.69) is 12.2 Å². The van der Waals surface area contributed by atoms with E-state index >= 15 is 0 Å². The fourth-order valence-corrected chi connectivity index (χ4v) is 3.75. The summed E-state index contributed by atoms with van der Waals surface area (Å²) in [5.74, 6) is 0.0694. The molecule has 1 N–H and O–H groups in total. The van der Waals surface area contributed by atoms with Crippen molar-refractivity contribution in [2.45, 2.75) is 45.1 Å². The highest BCUT2D eigenvalue weighted by molar-refractivity contribution is 6.10. The van der Waals surface area contributed by atoms with Crippen LogP contribution in [0.3, 0.4) is 0 Å². The van der Waals surface area contributed by atoms with E-state index in [-0.39, 0.29) is 18.4 Å². The Hall–Kier alpha value is -2.37. The molecule has 0 aromatic heterocycles. The molecule has 0 radical (unpaired) electrons. The summed E-state index contributed by atoms with van der Waals surface area (Å²) in [6.07, 6.45) is 3.14. The van der Waals surface area contributed by atoms with Gasteiger partial charge < -0.3 is 10.2 Å². The van der Waals surface area contributed by atoms with Crippen LogP contribution in [-0.2, 0) is 9.59 Å². The van der Waals surface area contributed by atoms with Gasteiger partial charge in [-0.1, -0.05) is 25.1 Å². The van der Waals surface area contributed by atoms with Gasteiger partial charge in [0.15, 0.2) is 0 Å². The summed E-state index contributed by atoms with van der Waals surface area (Å²) in [5, 5.41) is 2.86. The molecule has 0 bridgehead atoms. The zero-order valence-corrected chi connectivity index (χ0v) is 14.8. The molecule has 6 nitrogen and oxygen atoms in total. The Balaban J connectivity index is 1.73. The minimum atomic E-state index is -0.798. The van der Waals surface area contributed by atoms with Crippen LogP contribution >= 0.6 is 0 Å². The van der Waals surface area contributed by atoms with Crippen molar-refractivity contribution in [3.63, 3.8) is 0 Å². The van der Waals surface area contributed by atoms with E-state index in [1.165, 1.54) is 0 Å². The van der Waals surface area contributed by atoms with Crippen LogP contribution in [0.1, 0.15) is 39.5 Å². The van der Waals surface area contributed by atoms with Crippen LogP contribution in [0.25, 0.3) is 0 Å². The Morgan fingerprint density at radius 3 is 2.48 bits per heavy atom. The first kappa shape index (κ1) is 17.5. The second kappa shape index (κ2) is 6.86. The first-order valence-corrected chi connectivity index (χ1v) is 8.96. The lowest BCUT2D eigenvalue weighted by Gasteiger charge is -2.33. The molecule has 1 aromatic carbocycles. The maximum Gasteiger partial charge on any atom is 0.325 e. The first-order chi connectivity index (χ1) is 12.0. The van der Waals surface area contributed by atoms with E-state index in [9.17, 15) is 14.4 Å². The van der Waals surface area contributed by atoms with Gasteiger partial charge in [0, 0.05) is 12.2 Å². The van der Waals surface area contributed by atoms with E-state index in [0.717, 1.165) is 23.4 Å². The smallest absolute Gasteiger partial charge is 0.323 e. The van der Waals surface area contributed by atoms with Crippen molar-refractivity contribution in [2.75, 3.05) is 18.0 Å². The zero-order valence-electron chi connectivity index (χ0n) is 14.8. The number of hydrogen-bond donors (Lipinski definition) is 1. The number of benzene rings is 1. The Kier molecular flexibility index (Phi) is 4.79. The molecular formula is C19H25N3O3. The minimum Gasteiger partial charge on any atom is -0.323 e. The third-order valence-corrected chi connectivity index (χ3v) is 5.35. The van der Waals surface area contributed by atoms with Crippen LogP contribution in [-0.4, -0.2) is 41.4 Å². The number of amides is 4. The number of anilines is 1. The van der Waals surface area contributed by atoms with Gasteiger partial charge in [-0.25, -0.2) is 4.79 Å². The average molecular weight is 343 g/mol. The molecule has 1 heterocycles. The molecule has 1 saturated carbocycles. The molecule has 25 heavy (non-hydrogen) atoms. The van der Waals surface area contributed by atoms with E-state index in [0.29, 0.717) is 25.3 Å².